The van der Waals surface area contributed by atoms with Gasteiger partial charge in [0.05, 0.1) is 5.56 Å². The zero-order valence-electron chi connectivity index (χ0n) is 10.9. The van der Waals surface area contributed by atoms with Gasteiger partial charge in [-0.2, -0.15) is 13.2 Å². The van der Waals surface area contributed by atoms with Gasteiger partial charge in [-0.25, -0.2) is 0 Å². The highest BCUT2D eigenvalue weighted by Gasteiger charge is 2.29. The highest BCUT2D eigenvalue weighted by atomic mass is 19.4. The third kappa shape index (κ3) is 5.19. The number of benzene rings is 1. The number of hydrogen-bond donors (Lipinski definition) is 1. The lowest BCUT2D eigenvalue weighted by Gasteiger charge is -2.11. The van der Waals surface area contributed by atoms with E-state index in [0.717, 1.165) is 12.1 Å². The van der Waals surface area contributed by atoms with Crippen molar-refractivity contribution < 1.29 is 18.0 Å². The van der Waals surface area contributed by atoms with Gasteiger partial charge in [0, 0.05) is 32.7 Å². The van der Waals surface area contributed by atoms with E-state index < -0.39 is 11.7 Å². The van der Waals surface area contributed by atoms with Crippen LogP contribution in [0.25, 0.3) is 0 Å². The maximum atomic E-state index is 12.3. The second-order valence-corrected chi connectivity index (χ2v) is 4.39. The molecule has 0 radical (unpaired) electrons. The minimum Gasteiger partial charge on any atom is -0.385 e. The maximum absolute atomic E-state index is 12.3. The number of carbonyl (C=O) groups is 1. The topological polar surface area (TPSA) is 32.3 Å². The first-order chi connectivity index (χ1) is 8.80. The van der Waals surface area contributed by atoms with E-state index in [9.17, 15) is 18.0 Å². The SMILES string of the molecule is CN(C)C(=O)CCCNc1ccc(C(F)(F)F)cc1. The molecule has 1 amide bonds. The van der Waals surface area contributed by atoms with Gasteiger partial charge in [0.15, 0.2) is 0 Å². The number of alkyl halides is 3. The summed E-state index contributed by atoms with van der Waals surface area (Å²) in [5.74, 6) is 0.0363. The summed E-state index contributed by atoms with van der Waals surface area (Å²) in [7, 11) is 3.37. The summed E-state index contributed by atoms with van der Waals surface area (Å²) >= 11 is 0. The van der Waals surface area contributed by atoms with Gasteiger partial charge < -0.3 is 10.2 Å². The summed E-state index contributed by atoms with van der Waals surface area (Å²) < 4.78 is 37.0. The summed E-state index contributed by atoms with van der Waals surface area (Å²) in [6.45, 7) is 0.547. The van der Waals surface area contributed by atoms with Crippen LogP contribution < -0.4 is 5.32 Å². The number of nitrogens with zero attached hydrogens (tertiary/aromatic N) is 1. The van der Waals surface area contributed by atoms with Crippen molar-refractivity contribution in [2.75, 3.05) is 26.0 Å². The molecule has 106 valence electrons. The van der Waals surface area contributed by atoms with Crippen molar-refractivity contribution >= 4 is 11.6 Å². The molecule has 0 bridgehead atoms. The number of rotatable bonds is 5. The van der Waals surface area contributed by atoms with Gasteiger partial charge in [-0.15, -0.1) is 0 Å². The molecule has 1 rings (SSSR count). The van der Waals surface area contributed by atoms with Crippen LogP contribution in [0.3, 0.4) is 0 Å². The number of amides is 1. The maximum Gasteiger partial charge on any atom is 0.416 e. The van der Waals surface area contributed by atoms with Crippen LogP contribution in [0.1, 0.15) is 18.4 Å². The van der Waals surface area contributed by atoms with Crippen molar-refractivity contribution in [3.63, 3.8) is 0 Å². The minimum atomic E-state index is -4.31. The number of hydrogen-bond acceptors (Lipinski definition) is 2. The molecular weight excluding hydrogens is 257 g/mol. The molecule has 0 aromatic heterocycles. The zero-order chi connectivity index (χ0) is 14.5. The van der Waals surface area contributed by atoms with E-state index in [0.29, 0.717) is 25.1 Å². The number of nitrogens with one attached hydrogen (secondary N) is 1. The molecule has 3 nitrogen and oxygen atoms in total. The predicted octanol–water partition coefficient (Wildman–Crippen LogP) is 2.99. The third-order valence-electron chi connectivity index (χ3n) is 2.61. The normalized spacial score (nSPS) is 11.2. The molecule has 1 aromatic rings. The summed E-state index contributed by atoms with van der Waals surface area (Å²) in [5, 5.41) is 2.98. The Balaban J connectivity index is 2.37. The summed E-state index contributed by atoms with van der Waals surface area (Å²) in [4.78, 5) is 12.8. The molecule has 19 heavy (non-hydrogen) atoms. The van der Waals surface area contributed by atoms with Gasteiger partial charge in [-0.05, 0) is 30.7 Å². The van der Waals surface area contributed by atoms with Crippen LogP contribution >= 0.6 is 0 Å². The van der Waals surface area contributed by atoms with Crippen LogP contribution in [0.4, 0.5) is 18.9 Å². The monoisotopic (exact) mass is 274 g/mol. The summed E-state index contributed by atoms with van der Waals surface area (Å²) in [6, 6.07) is 4.84. The minimum absolute atomic E-state index is 0.0363. The number of halogens is 3. The molecule has 0 saturated carbocycles. The lowest BCUT2D eigenvalue weighted by molar-refractivity contribution is -0.137. The van der Waals surface area contributed by atoms with Gasteiger partial charge >= 0.3 is 6.18 Å². The van der Waals surface area contributed by atoms with Crippen molar-refractivity contribution in [2.24, 2.45) is 0 Å². The fraction of sp³-hybridized carbons (Fsp3) is 0.462. The van der Waals surface area contributed by atoms with Gasteiger partial charge in [0.2, 0.25) is 5.91 Å². The molecular formula is C13H17F3N2O. The van der Waals surface area contributed by atoms with Crippen LogP contribution in [-0.4, -0.2) is 31.4 Å². The zero-order valence-corrected chi connectivity index (χ0v) is 10.9. The molecule has 0 unspecified atom stereocenters. The van der Waals surface area contributed by atoms with E-state index in [1.165, 1.54) is 17.0 Å². The average Bonchev–Trinajstić information content (AvgIpc) is 2.33. The van der Waals surface area contributed by atoms with Crippen molar-refractivity contribution in [3.05, 3.63) is 29.8 Å². The van der Waals surface area contributed by atoms with Crippen LogP contribution in [0.2, 0.25) is 0 Å². The summed E-state index contributed by atoms with van der Waals surface area (Å²) in [6.07, 6.45) is -3.25. The van der Waals surface area contributed by atoms with Gasteiger partial charge in [-0.3, -0.25) is 4.79 Å². The average molecular weight is 274 g/mol. The first-order valence-corrected chi connectivity index (χ1v) is 5.92. The fourth-order valence-corrected chi connectivity index (χ4v) is 1.47. The van der Waals surface area contributed by atoms with E-state index in [4.69, 9.17) is 0 Å². The van der Waals surface area contributed by atoms with E-state index in [2.05, 4.69) is 5.32 Å². The Kier molecular flexibility index (Phi) is 5.20. The standard InChI is InChI=1S/C13H17F3N2O/c1-18(2)12(19)4-3-9-17-11-7-5-10(6-8-11)13(14,15)16/h5-8,17H,3-4,9H2,1-2H3. The molecule has 0 saturated heterocycles. The Morgan fingerprint density at radius 1 is 1.21 bits per heavy atom. The highest BCUT2D eigenvalue weighted by molar-refractivity contribution is 5.75. The lowest BCUT2D eigenvalue weighted by atomic mass is 10.2. The Bertz CT molecular complexity index is 413. The molecule has 6 heteroatoms. The van der Waals surface area contributed by atoms with Crippen LogP contribution in [0.15, 0.2) is 24.3 Å². The third-order valence-corrected chi connectivity index (χ3v) is 2.61. The van der Waals surface area contributed by atoms with Crippen LogP contribution in [0, 0.1) is 0 Å². The largest absolute Gasteiger partial charge is 0.416 e. The van der Waals surface area contributed by atoms with E-state index in [1.54, 1.807) is 14.1 Å². The van der Waals surface area contributed by atoms with Crippen molar-refractivity contribution in [3.8, 4) is 0 Å². The van der Waals surface area contributed by atoms with E-state index in [1.807, 2.05) is 0 Å². The van der Waals surface area contributed by atoms with Crippen molar-refractivity contribution in [1.29, 1.82) is 0 Å². The fourth-order valence-electron chi connectivity index (χ4n) is 1.47. The molecule has 0 aliphatic heterocycles. The van der Waals surface area contributed by atoms with Crippen LogP contribution in [0.5, 0.6) is 0 Å². The smallest absolute Gasteiger partial charge is 0.385 e. The van der Waals surface area contributed by atoms with Crippen molar-refractivity contribution in [1.82, 2.24) is 4.90 Å². The Morgan fingerprint density at radius 3 is 2.26 bits per heavy atom. The molecule has 0 atom stereocenters. The predicted molar refractivity (Wildman–Crippen MR) is 67.9 cm³/mol. The molecule has 1 aromatic carbocycles. The Labute approximate surface area is 110 Å². The van der Waals surface area contributed by atoms with Gasteiger partial charge in [0.1, 0.15) is 0 Å². The first-order valence-electron chi connectivity index (χ1n) is 5.92. The molecule has 0 aliphatic carbocycles. The van der Waals surface area contributed by atoms with Crippen LogP contribution in [-0.2, 0) is 11.0 Å². The second kappa shape index (κ2) is 6.45. The van der Waals surface area contributed by atoms with E-state index in [-0.39, 0.29) is 5.91 Å². The Hall–Kier alpha value is -1.72. The highest BCUT2D eigenvalue weighted by Crippen LogP contribution is 2.29. The molecule has 0 aliphatic rings. The van der Waals surface area contributed by atoms with Crippen molar-refractivity contribution in [2.45, 2.75) is 19.0 Å². The molecule has 0 spiro atoms. The quantitative estimate of drug-likeness (QED) is 0.837. The van der Waals surface area contributed by atoms with Gasteiger partial charge in [0.25, 0.3) is 0 Å². The number of anilines is 1. The van der Waals surface area contributed by atoms with E-state index >= 15 is 0 Å². The molecule has 0 heterocycles. The second-order valence-electron chi connectivity index (χ2n) is 4.39. The molecule has 1 N–H and O–H groups in total. The summed E-state index contributed by atoms with van der Waals surface area (Å²) in [5.41, 5.74) is -0.0499. The van der Waals surface area contributed by atoms with Gasteiger partial charge in [-0.1, -0.05) is 0 Å². The Morgan fingerprint density at radius 2 is 1.79 bits per heavy atom. The number of carbonyl (C=O) groups excluding carboxylic acids is 1. The first kappa shape index (κ1) is 15.3. The molecule has 0 fully saturated rings. The lowest BCUT2D eigenvalue weighted by Crippen LogP contribution is -2.22.